The van der Waals surface area contributed by atoms with Crippen LogP contribution in [0.3, 0.4) is 0 Å². The zero-order valence-electron chi connectivity index (χ0n) is 17.1. The maximum atomic E-state index is 12.2. The molecule has 0 heterocycles. The number of nitrogens with one attached hydrogen (secondary N) is 1. The van der Waals surface area contributed by atoms with E-state index < -0.39 is 35.6 Å². The quantitative estimate of drug-likeness (QED) is 0.540. The highest BCUT2D eigenvalue weighted by Gasteiger charge is 2.30. The third-order valence-electron chi connectivity index (χ3n) is 3.76. The lowest BCUT2D eigenvalue weighted by molar-refractivity contribution is -0.148. The van der Waals surface area contributed by atoms with Gasteiger partial charge >= 0.3 is 18.0 Å². The molecule has 0 aliphatic rings. The number of amides is 1. The minimum atomic E-state index is -1.03. The molecule has 0 saturated heterocycles. The molecule has 7 nitrogen and oxygen atoms in total. The fraction of sp³-hybridized carbons (Fsp3) is 0.476. The monoisotopic (exact) mass is 391 g/mol. The van der Waals surface area contributed by atoms with Crippen molar-refractivity contribution in [1.29, 1.82) is 0 Å². The van der Waals surface area contributed by atoms with E-state index in [0.717, 1.165) is 5.56 Å². The van der Waals surface area contributed by atoms with Gasteiger partial charge in [0.25, 0.3) is 0 Å². The molecular formula is C21H29NO6. The first-order chi connectivity index (χ1) is 13.2. The molecule has 0 unspecified atom stereocenters. The smallest absolute Gasteiger partial charge is 0.408 e. The molecule has 28 heavy (non-hydrogen) atoms. The van der Waals surface area contributed by atoms with Gasteiger partial charge in [0.15, 0.2) is 0 Å². The second-order valence-corrected chi connectivity index (χ2v) is 7.23. The normalized spacial score (nSPS) is 13.5. The summed E-state index contributed by atoms with van der Waals surface area (Å²) in [5.74, 6) is -1.77. The number of rotatable bonds is 8. The molecule has 1 aromatic rings. The van der Waals surface area contributed by atoms with Crippen LogP contribution in [0.25, 0.3) is 6.08 Å². The highest BCUT2D eigenvalue weighted by atomic mass is 16.6. The molecule has 0 spiro atoms. The van der Waals surface area contributed by atoms with Crippen molar-refractivity contribution in [2.75, 3.05) is 14.2 Å². The number of carbonyl (C=O) groups is 3. The lowest BCUT2D eigenvalue weighted by Crippen LogP contribution is -2.45. The van der Waals surface area contributed by atoms with Crippen LogP contribution < -0.4 is 5.32 Å². The van der Waals surface area contributed by atoms with Gasteiger partial charge in [0.2, 0.25) is 0 Å². The van der Waals surface area contributed by atoms with Crippen LogP contribution in [0.1, 0.15) is 39.2 Å². The lowest BCUT2D eigenvalue weighted by atomic mass is 9.95. The summed E-state index contributed by atoms with van der Waals surface area (Å²) in [7, 11) is 2.50. The molecule has 0 saturated carbocycles. The van der Waals surface area contributed by atoms with E-state index in [2.05, 4.69) is 5.32 Å². The van der Waals surface area contributed by atoms with Crippen molar-refractivity contribution in [3.63, 3.8) is 0 Å². The van der Waals surface area contributed by atoms with Crippen LogP contribution in [-0.4, -0.2) is 43.9 Å². The Hall–Kier alpha value is -2.83. The molecular weight excluding hydrogens is 362 g/mol. The van der Waals surface area contributed by atoms with Crippen molar-refractivity contribution in [3.8, 4) is 0 Å². The predicted octanol–water partition coefficient (Wildman–Crippen LogP) is 3.34. The van der Waals surface area contributed by atoms with Gasteiger partial charge in [-0.1, -0.05) is 42.5 Å². The number of ether oxygens (including phenoxy) is 3. The van der Waals surface area contributed by atoms with Crippen LogP contribution >= 0.6 is 0 Å². The van der Waals surface area contributed by atoms with Crippen molar-refractivity contribution in [2.45, 2.75) is 45.3 Å². The average molecular weight is 391 g/mol. The van der Waals surface area contributed by atoms with Gasteiger partial charge in [0.1, 0.15) is 11.6 Å². The van der Waals surface area contributed by atoms with E-state index >= 15 is 0 Å². The van der Waals surface area contributed by atoms with Gasteiger partial charge in [-0.3, -0.25) is 4.79 Å². The van der Waals surface area contributed by atoms with E-state index in [4.69, 9.17) is 14.2 Å². The third kappa shape index (κ3) is 8.70. The predicted molar refractivity (Wildman–Crippen MR) is 105 cm³/mol. The molecule has 0 aliphatic carbocycles. The Kier molecular flexibility index (Phi) is 9.21. The molecule has 1 amide bonds. The Morgan fingerprint density at radius 2 is 1.64 bits per heavy atom. The van der Waals surface area contributed by atoms with Crippen molar-refractivity contribution >= 4 is 24.1 Å². The topological polar surface area (TPSA) is 90.9 Å². The molecule has 0 aliphatic heterocycles. The number of benzene rings is 1. The van der Waals surface area contributed by atoms with Crippen molar-refractivity contribution in [1.82, 2.24) is 5.32 Å². The molecule has 0 fully saturated rings. The summed E-state index contributed by atoms with van der Waals surface area (Å²) in [6, 6.07) is 8.58. The van der Waals surface area contributed by atoms with E-state index in [1.807, 2.05) is 42.5 Å². The minimum absolute atomic E-state index is 0.0255. The fourth-order valence-corrected chi connectivity index (χ4v) is 2.48. The van der Waals surface area contributed by atoms with Crippen LogP contribution in [-0.2, 0) is 23.8 Å². The largest absolute Gasteiger partial charge is 0.469 e. The number of alkyl carbamates (subject to hydrolysis) is 1. The highest BCUT2D eigenvalue weighted by Crippen LogP contribution is 2.17. The Morgan fingerprint density at radius 1 is 1.04 bits per heavy atom. The van der Waals surface area contributed by atoms with Crippen LogP contribution in [0.2, 0.25) is 0 Å². The first kappa shape index (κ1) is 23.2. The molecule has 1 N–H and O–H groups in total. The molecule has 154 valence electrons. The zero-order chi connectivity index (χ0) is 21.2. The first-order valence-corrected chi connectivity index (χ1v) is 9.03. The zero-order valence-corrected chi connectivity index (χ0v) is 17.1. The standard InChI is InChI=1S/C21H29NO6/c1-21(2,3)28-20(25)22-17(19(24)27-5)14-16(18(23)26-4)13-9-12-15-10-7-6-8-11-15/h6-12,16-17H,13-14H2,1-5H3,(H,22,25)/b12-9+/t16-,17-/m0/s1. The first-order valence-electron chi connectivity index (χ1n) is 9.03. The Morgan fingerprint density at radius 3 is 2.18 bits per heavy atom. The van der Waals surface area contributed by atoms with E-state index in [0.29, 0.717) is 6.42 Å². The Balaban J connectivity index is 2.85. The second kappa shape index (κ2) is 11.1. The maximum Gasteiger partial charge on any atom is 0.408 e. The summed E-state index contributed by atoms with van der Waals surface area (Å²) >= 11 is 0. The van der Waals surface area contributed by atoms with Crippen LogP contribution in [0.4, 0.5) is 4.79 Å². The van der Waals surface area contributed by atoms with Gasteiger partial charge in [-0.05, 0) is 39.2 Å². The van der Waals surface area contributed by atoms with E-state index in [1.165, 1.54) is 14.2 Å². The number of carbonyl (C=O) groups excluding carboxylic acids is 3. The summed E-state index contributed by atoms with van der Waals surface area (Å²) in [5.41, 5.74) is 0.271. The molecule has 7 heteroatoms. The minimum Gasteiger partial charge on any atom is -0.469 e. The van der Waals surface area contributed by atoms with Crippen molar-refractivity contribution in [3.05, 3.63) is 42.0 Å². The van der Waals surface area contributed by atoms with Gasteiger partial charge in [-0.25, -0.2) is 9.59 Å². The summed E-state index contributed by atoms with van der Waals surface area (Å²) in [4.78, 5) is 36.3. The van der Waals surface area contributed by atoms with E-state index in [1.54, 1.807) is 20.8 Å². The number of hydrogen-bond donors (Lipinski definition) is 1. The van der Waals surface area contributed by atoms with Crippen molar-refractivity contribution in [2.24, 2.45) is 5.92 Å². The van der Waals surface area contributed by atoms with Gasteiger partial charge in [0, 0.05) is 0 Å². The van der Waals surface area contributed by atoms with Crippen LogP contribution in [0.5, 0.6) is 0 Å². The van der Waals surface area contributed by atoms with Gasteiger partial charge < -0.3 is 19.5 Å². The Labute approximate surface area is 166 Å². The maximum absolute atomic E-state index is 12.2. The summed E-state index contributed by atoms with van der Waals surface area (Å²) in [5, 5.41) is 2.47. The Bertz CT molecular complexity index is 678. The molecule has 1 rings (SSSR count). The summed E-state index contributed by atoms with van der Waals surface area (Å²) < 4.78 is 14.8. The lowest BCUT2D eigenvalue weighted by Gasteiger charge is -2.24. The fourth-order valence-electron chi connectivity index (χ4n) is 2.48. The molecule has 0 bridgehead atoms. The van der Waals surface area contributed by atoms with Crippen LogP contribution in [0, 0.1) is 5.92 Å². The average Bonchev–Trinajstić information content (AvgIpc) is 2.64. The van der Waals surface area contributed by atoms with Gasteiger partial charge in [-0.15, -0.1) is 0 Å². The molecule has 1 aromatic carbocycles. The number of hydrogen-bond acceptors (Lipinski definition) is 6. The summed E-state index contributed by atoms with van der Waals surface area (Å²) in [6.45, 7) is 5.14. The summed E-state index contributed by atoms with van der Waals surface area (Å²) in [6.07, 6.45) is 3.32. The second-order valence-electron chi connectivity index (χ2n) is 7.23. The third-order valence-corrected chi connectivity index (χ3v) is 3.76. The molecule has 0 aromatic heterocycles. The molecule has 2 atom stereocenters. The van der Waals surface area contributed by atoms with Crippen LogP contribution in [0.15, 0.2) is 36.4 Å². The van der Waals surface area contributed by atoms with E-state index in [-0.39, 0.29) is 6.42 Å². The molecule has 0 radical (unpaired) electrons. The number of methoxy groups -OCH3 is 2. The number of esters is 2. The SMILES string of the molecule is COC(=O)[C@@H](C/C=C/c1ccccc1)C[C@H](NC(=O)OC(C)(C)C)C(=O)OC. The van der Waals surface area contributed by atoms with Crippen molar-refractivity contribution < 1.29 is 28.6 Å². The highest BCUT2D eigenvalue weighted by molar-refractivity contribution is 5.82. The van der Waals surface area contributed by atoms with E-state index in [9.17, 15) is 14.4 Å². The number of allylic oxidation sites excluding steroid dienone is 1. The van der Waals surface area contributed by atoms with Gasteiger partial charge in [-0.2, -0.15) is 0 Å². The van der Waals surface area contributed by atoms with Gasteiger partial charge in [0.05, 0.1) is 20.1 Å².